The van der Waals surface area contributed by atoms with E-state index < -0.39 is 7.51 Å². The summed E-state index contributed by atoms with van der Waals surface area (Å²) in [7, 11) is 10.8. The summed E-state index contributed by atoms with van der Waals surface area (Å²) >= 11 is 0. The van der Waals surface area contributed by atoms with Crippen LogP contribution in [0.1, 0.15) is 5.56 Å². The van der Waals surface area contributed by atoms with E-state index in [4.69, 9.17) is 4.74 Å². The van der Waals surface area contributed by atoms with E-state index in [-0.39, 0.29) is 0 Å². The van der Waals surface area contributed by atoms with Crippen molar-refractivity contribution in [3.8, 4) is 0 Å². The van der Waals surface area contributed by atoms with Gasteiger partial charge in [0.25, 0.3) is 0 Å². The van der Waals surface area contributed by atoms with E-state index in [1.165, 1.54) is 5.56 Å². The van der Waals surface area contributed by atoms with Crippen LogP contribution < -0.4 is 0 Å². The van der Waals surface area contributed by atoms with Crippen LogP contribution in [0.3, 0.4) is 0 Å². The lowest BCUT2D eigenvalue weighted by Crippen LogP contribution is -2.30. The molecule has 0 aliphatic heterocycles. The second-order valence-corrected chi connectivity index (χ2v) is 8.62. The van der Waals surface area contributed by atoms with E-state index in [9.17, 15) is 0 Å². The second-order valence-electron chi connectivity index (χ2n) is 4.86. The van der Waals surface area contributed by atoms with Crippen molar-refractivity contribution in [1.82, 2.24) is 14.0 Å². The monoisotopic (exact) mass is 268 g/mol. The van der Waals surface area contributed by atoms with Gasteiger partial charge in [-0.15, -0.1) is 0 Å². The van der Waals surface area contributed by atoms with Crippen LogP contribution in [-0.2, 0) is 6.54 Å². The molecule has 18 heavy (non-hydrogen) atoms. The van der Waals surface area contributed by atoms with Crippen LogP contribution in [0.25, 0.3) is 0 Å². The van der Waals surface area contributed by atoms with Crippen LogP contribution in [0.15, 0.2) is 35.1 Å². The number of hydrogen-bond acceptors (Lipinski definition) is 1. The molecule has 1 aromatic rings. The van der Waals surface area contributed by atoms with Gasteiger partial charge in [-0.3, -0.25) is 18.8 Å². The van der Waals surface area contributed by atoms with Crippen molar-refractivity contribution in [2.45, 2.75) is 6.54 Å². The summed E-state index contributed by atoms with van der Waals surface area (Å²) in [4.78, 5) is 0. The maximum atomic E-state index is 5.01. The SMILES string of the molecule is CN(C)P(=NCc1ccccc1)(N(C)C)N(C)C. The molecule has 0 radical (unpaired) electrons. The molecular formula is C13H25N4P. The van der Waals surface area contributed by atoms with Crippen molar-refractivity contribution in [2.75, 3.05) is 42.3 Å². The normalized spacial score (nSPS) is 12.5. The van der Waals surface area contributed by atoms with Crippen molar-refractivity contribution in [3.05, 3.63) is 35.9 Å². The average molecular weight is 268 g/mol. The summed E-state index contributed by atoms with van der Waals surface area (Å²) in [6.07, 6.45) is 0. The standard InChI is InChI=1S/C13H25N4P/c1-15(2)18(16(3)4,17(5)6)14-12-13-10-8-7-9-11-13/h7-11H,12H2,1-6H3. The molecule has 0 N–H and O–H groups in total. The van der Waals surface area contributed by atoms with Gasteiger partial charge in [0.05, 0.1) is 6.54 Å². The summed E-state index contributed by atoms with van der Waals surface area (Å²) < 4.78 is 11.7. The van der Waals surface area contributed by atoms with E-state index in [1.807, 2.05) is 6.07 Å². The molecule has 0 atom stereocenters. The van der Waals surface area contributed by atoms with Gasteiger partial charge >= 0.3 is 0 Å². The topological polar surface area (TPSA) is 22.1 Å². The van der Waals surface area contributed by atoms with Crippen LogP contribution >= 0.6 is 7.51 Å². The second kappa shape index (κ2) is 6.48. The van der Waals surface area contributed by atoms with E-state index >= 15 is 0 Å². The van der Waals surface area contributed by atoms with E-state index in [0.717, 1.165) is 6.54 Å². The van der Waals surface area contributed by atoms with Crippen molar-refractivity contribution in [2.24, 2.45) is 4.74 Å². The van der Waals surface area contributed by atoms with E-state index in [0.29, 0.717) is 0 Å². The fourth-order valence-corrected chi connectivity index (χ4v) is 5.47. The maximum absolute atomic E-state index is 5.01. The Kier molecular flexibility index (Phi) is 5.54. The molecule has 0 fully saturated rings. The first-order valence-electron chi connectivity index (χ1n) is 6.06. The van der Waals surface area contributed by atoms with Gasteiger partial charge in [-0.2, -0.15) is 0 Å². The molecular weight excluding hydrogens is 243 g/mol. The Hall–Kier alpha value is -0.670. The molecule has 0 spiro atoms. The zero-order valence-electron chi connectivity index (χ0n) is 12.3. The number of hydrogen-bond donors (Lipinski definition) is 0. The fraction of sp³-hybridized carbons (Fsp3) is 0.538. The lowest BCUT2D eigenvalue weighted by Gasteiger charge is -2.41. The van der Waals surface area contributed by atoms with Gasteiger partial charge in [0.15, 0.2) is 7.51 Å². The molecule has 0 unspecified atom stereocenters. The Bertz CT molecular complexity index is 384. The molecule has 4 nitrogen and oxygen atoms in total. The largest absolute Gasteiger partial charge is 0.256 e. The molecule has 1 rings (SSSR count). The third-order valence-corrected chi connectivity index (χ3v) is 6.64. The molecule has 0 aliphatic carbocycles. The van der Waals surface area contributed by atoms with E-state index in [1.54, 1.807) is 0 Å². The molecule has 0 aliphatic rings. The summed E-state index contributed by atoms with van der Waals surface area (Å²) in [5, 5.41) is 0. The predicted octanol–water partition coefficient (Wildman–Crippen LogP) is 2.82. The third kappa shape index (κ3) is 3.21. The van der Waals surface area contributed by atoms with Gasteiger partial charge in [0.1, 0.15) is 0 Å². The van der Waals surface area contributed by atoms with Gasteiger partial charge in [0, 0.05) is 0 Å². The van der Waals surface area contributed by atoms with Crippen molar-refractivity contribution in [1.29, 1.82) is 0 Å². The molecule has 0 saturated carbocycles. The zero-order valence-corrected chi connectivity index (χ0v) is 13.2. The minimum atomic E-state index is -1.75. The summed E-state index contributed by atoms with van der Waals surface area (Å²) in [6.45, 7) is 0.753. The van der Waals surface area contributed by atoms with Crippen molar-refractivity contribution in [3.63, 3.8) is 0 Å². The zero-order chi connectivity index (χ0) is 13.8. The number of benzene rings is 1. The molecule has 0 saturated heterocycles. The highest BCUT2D eigenvalue weighted by Gasteiger charge is 2.27. The Balaban J connectivity index is 3.11. The van der Waals surface area contributed by atoms with Crippen molar-refractivity contribution >= 4 is 7.51 Å². The minimum Gasteiger partial charge on any atom is -0.256 e. The van der Waals surface area contributed by atoms with Crippen LogP contribution in [-0.4, -0.2) is 56.3 Å². The Morgan fingerprint density at radius 1 is 0.833 bits per heavy atom. The molecule has 0 aromatic heterocycles. The van der Waals surface area contributed by atoms with Crippen LogP contribution in [0, 0.1) is 0 Å². The first-order chi connectivity index (χ1) is 8.41. The third-order valence-electron chi connectivity index (χ3n) is 2.90. The molecule has 102 valence electrons. The highest BCUT2D eigenvalue weighted by molar-refractivity contribution is 7.58. The quantitative estimate of drug-likeness (QED) is 0.767. The number of rotatable bonds is 5. The summed E-state index contributed by atoms with van der Waals surface area (Å²) in [5.41, 5.74) is 1.26. The highest BCUT2D eigenvalue weighted by atomic mass is 31.2. The van der Waals surface area contributed by atoms with Gasteiger partial charge < -0.3 is 0 Å². The smallest absolute Gasteiger partial charge is 0.166 e. The predicted molar refractivity (Wildman–Crippen MR) is 80.6 cm³/mol. The van der Waals surface area contributed by atoms with Crippen LogP contribution in [0.4, 0.5) is 0 Å². The lowest BCUT2D eigenvalue weighted by atomic mass is 10.2. The summed E-state index contributed by atoms with van der Waals surface area (Å²) in [5.74, 6) is 0. The van der Waals surface area contributed by atoms with Gasteiger partial charge in [-0.25, -0.2) is 0 Å². The molecule has 5 heteroatoms. The average Bonchev–Trinajstić information content (AvgIpc) is 2.29. The van der Waals surface area contributed by atoms with Gasteiger partial charge in [-0.05, 0) is 47.8 Å². The van der Waals surface area contributed by atoms with Crippen LogP contribution in [0.2, 0.25) is 0 Å². The molecule has 0 bridgehead atoms. The molecule has 0 amide bonds. The highest BCUT2D eigenvalue weighted by Crippen LogP contribution is 2.54. The van der Waals surface area contributed by atoms with Crippen LogP contribution in [0.5, 0.6) is 0 Å². The Labute approximate surface area is 111 Å². The minimum absolute atomic E-state index is 0.753. The van der Waals surface area contributed by atoms with Gasteiger partial charge in [-0.1, -0.05) is 30.3 Å². The summed E-state index contributed by atoms with van der Waals surface area (Å²) in [6, 6.07) is 10.4. The first kappa shape index (κ1) is 15.4. The Morgan fingerprint density at radius 2 is 1.28 bits per heavy atom. The van der Waals surface area contributed by atoms with Crippen molar-refractivity contribution < 1.29 is 0 Å². The Morgan fingerprint density at radius 3 is 1.67 bits per heavy atom. The molecule has 1 aromatic carbocycles. The van der Waals surface area contributed by atoms with Gasteiger partial charge in [0.2, 0.25) is 0 Å². The fourth-order valence-electron chi connectivity index (χ4n) is 2.21. The maximum Gasteiger partial charge on any atom is 0.166 e. The van der Waals surface area contributed by atoms with E-state index in [2.05, 4.69) is 80.6 Å². The molecule has 0 heterocycles. The number of nitrogens with zero attached hydrogens (tertiary/aromatic N) is 4. The first-order valence-corrected chi connectivity index (χ1v) is 7.66. The lowest BCUT2D eigenvalue weighted by molar-refractivity contribution is 0.470.